The molecule has 1 aliphatic carbocycles. The zero-order valence-corrected chi connectivity index (χ0v) is 11.8. The second-order valence-corrected chi connectivity index (χ2v) is 4.75. The third-order valence-corrected chi connectivity index (χ3v) is 3.45. The number of carbonyl (C=O) groups excluding carboxylic acids is 1. The van der Waals surface area contributed by atoms with Crippen molar-refractivity contribution in [3.63, 3.8) is 0 Å². The van der Waals surface area contributed by atoms with Crippen LogP contribution in [0, 0.1) is 5.92 Å². The van der Waals surface area contributed by atoms with Crippen LogP contribution < -0.4 is 0 Å². The van der Waals surface area contributed by atoms with E-state index in [2.05, 4.69) is 0 Å². The van der Waals surface area contributed by atoms with Crippen LogP contribution in [0.3, 0.4) is 0 Å². The molecule has 1 aliphatic rings. The maximum absolute atomic E-state index is 11.7. The predicted octanol–water partition coefficient (Wildman–Crippen LogP) is 4.16. The Morgan fingerprint density at radius 2 is 1.83 bits per heavy atom. The van der Waals surface area contributed by atoms with Crippen LogP contribution in [0.2, 0.25) is 5.02 Å². The van der Waals surface area contributed by atoms with E-state index in [4.69, 9.17) is 11.6 Å². The van der Waals surface area contributed by atoms with Crippen LogP contribution in [-0.2, 0) is 4.79 Å². The van der Waals surface area contributed by atoms with E-state index in [9.17, 15) is 9.90 Å². The van der Waals surface area contributed by atoms with E-state index in [0.29, 0.717) is 11.4 Å². The molecule has 1 fully saturated rings. The molecule has 1 aromatic rings. The molecule has 2 atom stereocenters. The van der Waals surface area contributed by atoms with Gasteiger partial charge in [-0.05, 0) is 30.5 Å². The van der Waals surface area contributed by atoms with Gasteiger partial charge in [-0.25, -0.2) is 0 Å². The van der Waals surface area contributed by atoms with Gasteiger partial charge in [0.25, 0.3) is 0 Å². The van der Waals surface area contributed by atoms with E-state index < -0.39 is 6.10 Å². The molecule has 2 rings (SSSR count). The Bertz CT molecular complexity index is 373. The number of carbonyl (C=O) groups is 1. The monoisotopic (exact) mass is 268 g/mol. The Hall–Kier alpha value is -0.860. The Morgan fingerprint density at radius 3 is 2.39 bits per heavy atom. The van der Waals surface area contributed by atoms with Crippen LogP contribution in [0.4, 0.5) is 0 Å². The highest BCUT2D eigenvalue weighted by Crippen LogP contribution is 2.32. The molecule has 0 heterocycles. The molecule has 1 saturated carbocycles. The average Bonchev–Trinajstić information content (AvgIpc) is 2.42. The van der Waals surface area contributed by atoms with Crippen molar-refractivity contribution in [1.82, 2.24) is 0 Å². The Morgan fingerprint density at radius 1 is 1.22 bits per heavy atom. The number of aliphatic hydroxyl groups is 1. The maximum atomic E-state index is 11.7. The summed E-state index contributed by atoms with van der Waals surface area (Å²) in [7, 11) is 0. The normalized spacial score (nSPS) is 20.9. The summed E-state index contributed by atoms with van der Waals surface area (Å²) in [6, 6.07) is 7.06. The first kappa shape index (κ1) is 15.2. The van der Waals surface area contributed by atoms with Crippen molar-refractivity contribution < 1.29 is 9.90 Å². The van der Waals surface area contributed by atoms with Crippen molar-refractivity contribution in [3.8, 4) is 0 Å². The Balaban J connectivity index is 0.000000771. The first-order valence-electron chi connectivity index (χ1n) is 6.65. The van der Waals surface area contributed by atoms with Crippen LogP contribution in [0.15, 0.2) is 24.3 Å². The van der Waals surface area contributed by atoms with Gasteiger partial charge in [0.15, 0.2) is 0 Å². The molecule has 2 nitrogen and oxygen atoms in total. The molecule has 0 aliphatic heterocycles. The lowest BCUT2D eigenvalue weighted by atomic mass is 9.82. The van der Waals surface area contributed by atoms with E-state index >= 15 is 0 Å². The Kier molecular flexibility index (Phi) is 6.37. The number of Topliss-reactive ketones (excluding diaryl/α,β-unsaturated/α-hetero) is 1. The highest BCUT2D eigenvalue weighted by Gasteiger charge is 2.29. The van der Waals surface area contributed by atoms with Gasteiger partial charge in [-0.15, -0.1) is 0 Å². The lowest BCUT2D eigenvalue weighted by Gasteiger charge is -2.25. The van der Waals surface area contributed by atoms with Crippen molar-refractivity contribution >= 4 is 17.4 Å². The molecular weight excluding hydrogens is 248 g/mol. The van der Waals surface area contributed by atoms with Crippen LogP contribution in [0.1, 0.15) is 51.2 Å². The van der Waals surface area contributed by atoms with E-state index in [1.165, 1.54) is 0 Å². The second-order valence-electron chi connectivity index (χ2n) is 4.31. The number of halogens is 1. The fourth-order valence-electron chi connectivity index (χ4n) is 2.24. The quantitative estimate of drug-likeness (QED) is 0.874. The van der Waals surface area contributed by atoms with Crippen molar-refractivity contribution in [2.45, 2.75) is 45.6 Å². The Labute approximate surface area is 114 Å². The summed E-state index contributed by atoms with van der Waals surface area (Å²) in [5.41, 5.74) is 0.782. The van der Waals surface area contributed by atoms with Gasteiger partial charge in [-0.3, -0.25) is 4.79 Å². The lowest BCUT2D eigenvalue weighted by molar-refractivity contribution is -0.128. The van der Waals surface area contributed by atoms with E-state index in [1.807, 2.05) is 13.8 Å². The van der Waals surface area contributed by atoms with Gasteiger partial charge in [0.2, 0.25) is 0 Å². The number of hydrogen-bond acceptors (Lipinski definition) is 2. The largest absolute Gasteiger partial charge is 0.388 e. The SMILES string of the molecule is CC.O=C1CCCC[C@@H]1C(O)c1ccc(Cl)cc1. The van der Waals surface area contributed by atoms with Crippen molar-refractivity contribution in [3.05, 3.63) is 34.9 Å². The van der Waals surface area contributed by atoms with Gasteiger partial charge < -0.3 is 5.11 Å². The molecule has 0 spiro atoms. The molecule has 0 bridgehead atoms. The molecular formula is C15H21ClO2. The van der Waals surface area contributed by atoms with Crippen LogP contribution in [0.5, 0.6) is 0 Å². The minimum atomic E-state index is -0.676. The number of aliphatic hydroxyl groups excluding tert-OH is 1. The molecule has 100 valence electrons. The van der Waals surface area contributed by atoms with Crippen LogP contribution >= 0.6 is 11.6 Å². The van der Waals surface area contributed by atoms with E-state index in [-0.39, 0.29) is 11.7 Å². The second kappa shape index (κ2) is 7.55. The zero-order chi connectivity index (χ0) is 13.5. The van der Waals surface area contributed by atoms with E-state index in [0.717, 1.165) is 24.8 Å². The minimum absolute atomic E-state index is 0.189. The number of benzene rings is 1. The highest BCUT2D eigenvalue weighted by atomic mass is 35.5. The summed E-state index contributed by atoms with van der Waals surface area (Å²) in [5.74, 6) is -0.0383. The van der Waals surface area contributed by atoms with Gasteiger partial charge in [0.1, 0.15) is 5.78 Å². The van der Waals surface area contributed by atoms with Gasteiger partial charge >= 0.3 is 0 Å². The van der Waals surface area contributed by atoms with Crippen molar-refractivity contribution in [2.24, 2.45) is 5.92 Å². The highest BCUT2D eigenvalue weighted by molar-refractivity contribution is 6.30. The molecule has 0 amide bonds. The number of rotatable bonds is 2. The molecule has 1 aromatic carbocycles. The standard InChI is InChI=1S/C13H15ClO2.C2H6/c14-10-7-5-9(6-8-10)13(16)11-3-1-2-4-12(11)15;1-2/h5-8,11,13,16H,1-4H2;1-2H3/t11-,13?;/m0./s1. The molecule has 3 heteroatoms. The molecule has 1 unspecified atom stereocenters. The molecule has 0 aromatic heterocycles. The average molecular weight is 269 g/mol. The minimum Gasteiger partial charge on any atom is -0.388 e. The van der Waals surface area contributed by atoms with Gasteiger partial charge in [0, 0.05) is 17.4 Å². The van der Waals surface area contributed by atoms with Gasteiger partial charge in [-0.2, -0.15) is 0 Å². The van der Waals surface area contributed by atoms with Crippen LogP contribution in [-0.4, -0.2) is 10.9 Å². The summed E-state index contributed by atoms with van der Waals surface area (Å²) in [5, 5.41) is 10.8. The molecule has 0 radical (unpaired) electrons. The molecule has 18 heavy (non-hydrogen) atoms. The fourth-order valence-corrected chi connectivity index (χ4v) is 2.36. The smallest absolute Gasteiger partial charge is 0.138 e. The third-order valence-electron chi connectivity index (χ3n) is 3.19. The summed E-state index contributed by atoms with van der Waals surface area (Å²) in [6.45, 7) is 4.00. The zero-order valence-electron chi connectivity index (χ0n) is 11.0. The maximum Gasteiger partial charge on any atom is 0.138 e. The van der Waals surface area contributed by atoms with E-state index in [1.54, 1.807) is 24.3 Å². The number of hydrogen-bond donors (Lipinski definition) is 1. The summed E-state index contributed by atoms with van der Waals surface area (Å²) in [6.07, 6.45) is 2.71. The molecule has 0 saturated heterocycles. The first-order valence-corrected chi connectivity index (χ1v) is 7.02. The lowest BCUT2D eigenvalue weighted by Crippen LogP contribution is -2.25. The topological polar surface area (TPSA) is 37.3 Å². The summed E-state index contributed by atoms with van der Waals surface area (Å²) < 4.78 is 0. The predicted molar refractivity (Wildman–Crippen MR) is 74.7 cm³/mol. The van der Waals surface area contributed by atoms with Crippen molar-refractivity contribution in [2.75, 3.05) is 0 Å². The fraction of sp³-hybridized carbons (Fsp3) is 0.533. The molecule has 1 N–H and O–H groups in total. The van der Waals surface area contributed by atoms with Gasteiger partial charge in [-0.1, -0.05) is 44.0 Å². The first-order chi connectivity index (χ1) is 8.68. The van der Waals surface area contributed by atoms with Crippen molar-refractivity contribution in [1.29, 1.82) is 0 Å². The van der Waals surface area contributed by atoms with Gasteiger partial charge in [0.05, 0.1) is 6.10 Å². The summed E-state index contributed by atoms with van der Waals surface area (Å²) >= 11 is 5.78. The summed E-state index contributed by atoms with van der Waals surface area (Å²) in [4.78, 5) is 11.7. The third kappa shape index (κ3) is 3.82. The number of ketones is 1. The van der Waals surface area contributed by atoms with Crippen LogP contribution in [0.25, 0.3) is 0 Å².